The molecule has 2 nitrogen and oxygen atoms in total. The first kappa shape index (κ1) is 14.4. The van der Waals surface area contributed by atoms with Crippen molar-refractivity contribution in [2.75, 3.05) is 19.8 Å². The van der Waals surface area contributed by atoms with Gasteiger partial charge in [-0.15, -0.1) is 0 Å². The van der Waals surface area contributed by atoms with Gasteiger partial charge in [0.05, 0.1) is 6.61 Å². The molecule has 0 saturated carbocycles. The number of benzene rings is 1. The Morgan fingerprint density at radius 3 is 2.76 bits per heavy atom. The van der Waals surface area contributed by atoms with E-state index < -0.39 is 0 Å². The van der Waals surface area contributed by atoms with Gasteiger partial charge in [0.1, 0.15) is 5.82 Å². The lowest BCUT2D eigenvalue weighted by Gasteiger charge is -2.18. The van der Waals surface area contributed by atoms with Gasteiger partial charge in [0, 0.05) is 23.2 Å². The number of ether oxygens (including phenoxy) is 1. The standard InChI is InChI=1S/C13H19ClFNO/c1-3-16-10(9-17-4-2)8-11-12(14)6-5-7-13(11)15/h5-7,10,16H,3-4,8-9H2,1-2H3. The zero-order valence-electron chi connectivity index (χ0n) is 10.3. The average molecular weight is 260 g/mol. The predicted molar refractivity (Wildman–Crippen MR) is 69.1 cm³/mol. The number of likely N-dealkylation sites (N-methyl/N-ethyl adjacent to an activating group) is 1. The van der Waals surface area contributed by atoms with Crippen LogP contribution in [0.15, 0.2) is 18.2 Å². The molecule has 0 aromatic heterocycles. The van der Waals surface area contributed by atoms with Gasteiger partial charge in [-0.3, -0.25) is 0 Å². The normalized spacial score (nSPS) is 12.7. The monoisotopic (exact) mass is 259 g/mol. The molecule has 0 aliphatic heterocycles. The van der Waals surface area contributed by atoms with Crippen LogP contribution in [0.25, 0.3) is 0 Å². The summed E-state index contributed by atoms with van der Waals surface area (Å²) < 4.78 is 19.0. The third-order valence-corrected chi connectivity index (χ3v) is 2.88. The lowest BCUT2D eigenvalue weighted by atomic mass is 10.1. The lowest BCUT2D eigenvalue weighted by molar-refractivity contribution is 0.123. The minimum atomic E-state index is -0.253. The van der Waals surface area contributed by atoms with Crippen molar-refractivity contribution in [1.29, 1.82) is 0 Å². The molecule has 96 valence electrons. The van der Waals surface area contributed by atoms with Crippen molar-refractivity contribution in [3.8, 4) is 0 Å². The maximum Gasteiger partial charge on any atom is 0.127 e. The Morgan fingerprint density at radius 1 is 1.41 bits per heavy atom. The summed E-state index contributed by atoms with van der Waals surface area (Å²) in [6, 6.07) is 4.86. The largest absolute Gasteiger partial charge is 0.380 e. The number of hydrogen-bond acceptors (Lipinski definition) is 2. The fourth-order valence-corrected chi connectivity index (χ4v) is 1.95. The van der Waals surface area contributed by atoms with E-state index in [0.29, 0.717) is 30.2 Å². The molecular formula is C13H19ClFNO. The third-order valence-electron chi connectivity index (χ3n) is 2.53. The fourth-order valence-electron chi connectivity index (χ4n) is 1.71. The Labute approximate surface area is 107 Å². The van der Waals surface area contributed by atoms with Crippen LogP contribution in [0.2, 0.25) is 5.02 Å². The second kappa shape index (κ2) is 7.64. The summed E-state index contributed by atoms with van der Waals surface area (Å²) in [5.41, 5.74) is 0.555. The van der Waals surface area contributed by atoms with Crippen LogP contribution in [-0.4, -0.2) is 25.8 Å². The van der Waals surface area contributed by atoms with Crippen molar-refractivity contribution in [1.82, 2.24) is 5.32 Å². The molecule has 1 rings (SSSR count). The highest BCUT2D eigenvalue weighted by atomic mass is 35.5. The van der Waals surface area contributed by atoms with E-state index in [0.717, 1.165) is 6.54 Å². The minimum absolute atomic E-state index is 0.0920. The van der Waals surface area contributed by atoms with E-state index in [9.17, 15) is 4.39 Å². The van der Waals surface area contributed by atoms with Crippen LogP contribution >= 0.6 is 11.6 Å². The van der Waals surface area contributed by atoms with Gasteiger partial charge in [0.15, 0.2) is 0 Å². The zero-order valence-corrected chi connectivity index (χ0v) is 11.1. The molecular weight excluding hydrogens is 241 g/mol. The summed E-state index contributed by atoms with van der Waals surface area (Å²) >= 11 is 6.00. The van der Waals surface area contributed by atoms with E-state index in [1.807, 2.05) is 13.8 Å². The highest BCUT2D eigenvalue weighted by molar-refractivity contribution is 6.31. The van der Waals surface area contributed by atoms with Gasteiger partial charge < -0.3 is 10.1 Å². The van der Waals surface area contributed by atoms with Gasteiger partial charge in [0.25, 0.3) is 0 Å². The first-order chi connectivity index (χ1) is 8.19. The van der Waals surface area contributed by atoms with Crippen molar-refractivity contribution in [2.24, 2.45) is 0 Å². The fraction of sp³-hybridized carbons (Fsp3) is 0.538. The molecule has 4 heteroatoms. The molecule has 0 bridgehead atoms. The zero-order chi connectivity index (χ0) is 12.7. The molecule has 1 aromatic rings. The molecule has 0 heterocycles. The Bertz CT molecular complexity index is 326. The van der Waals surface area contributed by atoms with E-state index in [1.54, 1.807) is 12.1 Å². The van der Waals surface area contributed by atoms with E-state index in [-0.39, 0.29) is 11.9 Å². The molecule has 1 N–H and O–H groups in total. The van der Waals surface area contributed by atoms with Crippen molar-refractivity contribution in [3.05, 3.63) is 34.6 Å². The summed E-state index contributed by atoms with van der Waals surface area (Å²) in [5.74, 6) is -0.253. The maximum absolute atomic E-state index is 13.6. The number of hydrogen-bond donors (Lipinski definition) is 1. The molecule has 0 spiro atoms. The topological polar surface area (TPSA) is 21.3 Å². The van der Waals surface area contributed by atoms with Crippen LogP contribution < -0.4 is 5.32 Å². The minimum Gasteiger partial charge on any atom is -0.380 e. The van der Waals surface area contributed by atoms with Gasteiger partial charge in [-0.05, 0) is 32.0 Å². The summed E-state index contributed by atoms with van der Waals surface area (Å²) in [7, 11) is 0. The number of halogens is 2. The molecule has 0 amide bonds. The van der Waals surface area contributed by atoms with Gasteiger partial charge >= 0.3 is 0 Å². The Kier molecular flexibility index (Phi) is 6.48. The Morgan fingerprint density at radius 2 is 2.18 bits per heavy atom. The van der Waals surface area contributed by atoms with Crippen LogP contribution in [0.1, 0.15) is 19.4 Å². The lowest BCUT2D eigenvalue weighted by Crippen LogP contribution is -2.35. The predicted octanol–water partition coefficient (Wildman–Crippen LogP) is 3.04. The highest BCUT2D eigenvalue weighted by Crippen LogP contribution is 2.20. The maximum atomic E-state index is 13.6. The molecule has 0 saturated heterocycles. The molecule has 0 radical (unpaired) electrons. The average Bonchev–Trinajstić information content (AvgIpc) is 2.31. The second-order valence-corrected chi connectivity index (χ2v) is 4.23. The number of nitrogens with one attached hydrogen (secondary N) is 1. The van der Waals surface area contributed by atoms with Crippen LogP contribution in [0.3, 0.4) is 0 Å². The first-order valence-electron chi connectivity index (χ1n) is 5.93. The Balaban J connectivity index is 2.70. The smallest absolute Gasteiger partial charge is 0.127 e. The van der Waals surface area contributed by atoms with Crippen molar-refractivity contribution >= 4 is 11.6 Å². The highest BCUT2D eigenvalue weighted by Gasteiger charge is 2.14. The van der Waals surface area contributed by atoms with Crippen LogP contribution in [0, 0.1) is 5.82 Å². The molecule has 0 aliphatic rings. The van der Waals surface area contributed by atoms with Crippen LogP contribution in [0.4, 0.5) is 4.39 Å². The number of rotatable bonds is 7. The second-order valence-electron chi connectivity index (χ2n) is 3.82. The van der Waals surface area contributed by atoms with Crippen molar-refractivity contribution in [2.45, 2.75) is 26.3 Å². The summed E-state index contributed by atoms with van der Waals surface area (Å²) in [5, 5.41) is 3.75. The Hall–Kier alpha value is -0.640. The molecule has 1 atom stereocenters. The molecule has 17 heavy (non-hydrogen) atoms. The van der Waals surface area contributed by atoms with Crippen LogP contribution in [0.5, 0.6) is 0 Å². The van der Waals surface area contributed by atoms with Crippen LogP contribution in [-0.2, 0) is 11.2 Å². The molecule has 0 aliphatic carbocycles. The van der Waals surface area contributed by atoms with E-state index in [2.05, 4.69) is 5.32 Å². The SMILES string of the molecule is CCNC(COCC)Cc1c(F)cccc1Cl. The van der Waals surface area contributed by atoms with Crippen molar-refractivity contribution in [3.63, 3.8) is 0 Å². The summed E-state index contributed by atoms with van der Waals surface area (Å²) in [6.45, 7) is 6.01. The third kappa shape index (κ3) is 4.62. The van der Waals surface area contributed by atoms with Gasteiger partial charge in [-0.2, -0.15) is 0 Å². The quantitative estimate of drug-likeness (QED) is 0.813. The molecule has 1 aromatic carbocycles. The van der Waals surface area contributed by atoms with E-state index >= 15 is 0 Å². The van der Waals surface area contributed by atoms with E-state index in [4.69, 9.17) is 16.3 Å². The van der Waals surface area contributed by atoms with Gasteiger partial charge in [-0.25, -0.2) is 4.39 Å². The summed E-state index contributed by atoms with van der Waals surface area (Å²) in [4.78, 5) is 0. The van der Waals surface area contributed by atoms with Crippen molar-refractivity contribution < 1.29 is 9.13 Å². The first-order valence-corrected chi connectivity index (χ1v) is 6.30. The summed E-state index contributed by atoms with van der Waals surface area (Å²) in [6.07, 6.45) is 0.541. The van der Waals surface area contributed by atoms with Gasteiger partial charge in [-0.1, -0.05) is 24.6 Å². The van der Waals surface area contributed by atoms with Gasteiger partial charge in [0.2, 0.25) is 0 Å². The van der Waals surface area contributed by atoms with E-state index in [1.165, 1.54) is 6.07 Å². The molecule has 1 unspecified atom stereocenters. The molecule has 0 fully saturated rings.